The first-order valence-corrected chi connectivity index (χ1v) is 2.64. The van der Waals surface area contributed by atoms with Gasteiger partial charge in [-0.1, -0.05) is 0 Å². The number of ether oxygens (including phenoxy) is 1. The molecule has 0 aliphatic heterocycles. The molecule has 0 saturated heterocycles. The second-order valence-corrected chi connectivity index (χ2v) is 1.90. The lowest BCUT2D eigenvalue weighted by atomic mass is 10.3. The van der Waals surface area contributed by atoms with Gasteiger partial charge < -0.3 is 4.74 Å². The summed E-state index contributed by atoms with van der Waals surface area (Å²) in [4.78, 5) is 0. The van der Waals surface area contributed by atoms with Crippen LogP contribution in [0.4, 0.5) is 22.0 Å². The standard InChI is InChI=1S/C5H6F5O/c1-11-5(9,10)3-2-4(6,7)8/h1-3H2. The monoisotopic (exact) mass is 177 g/mol. The van der Waals surface area contributed by atoms with Gasteiger partial charge in [-0.2, -0.15) is 22.0 Å². The van der Waals surface area contributed by atoms with Crippen molar-refractivity contribution in [2.75, 3.05) is 0 Å². The van der Waals surface area contributed by atoms with Gasteiger partial charge in [0.15, 0.2) is 0 Å². The quantitative estimate of drug-likeness (QED) is 0.602. The zero-order chi connectivity index (χ0) is 9.12. The largest absolute Gasteiger partial charge is 0.389 e. The lowest BCUT2D eigenvalue weighted by Crippen LogP contribution is -2.21. The Balaban J connectivity index is 3.70. The smallest absolute Gasteiger partial charge is 0.318 e. The van der Waals surface area contributed by atoms with Gasteiger partial charge >= 0.3 is 12.3 Å². The Morgan fingerprint density at radius 3 is 1.73 bits per heavy atom. The predicted octanol–water partition coefficient (Wildman–Crippen LogP) is 2.73. The summed E-state index contributed by atoms with van der Waals surface area (Å²) in [6.45, 7) is 0. The average Bonchev–Trinajstić information content (AvgIpc) is 1.83. The maximum absolute atomic E-state index is 11.9. The highest BCUT2D eigenvalue weighted by Gasteiger charge is 2.36. The summed E-state index contributed by atoms with van der Waals surface area (Å²) >= 11 is 0. The molecular formula is C5H6F5O. The summed E-state index contributed by atoms with van der Waals surface area (Å²) < 4.78 is 61.0. The molecule has 0 aliphatic rings. The lowest BCUT2D eigenvalue weighted by Gasteiger charge is -2.14. The molecule has 1 radical (unpaired) electrons. The van der Waals surface area contributed by atoms with Gasteiger partial charge in [0.25, 0.3) is 0 Å². The van der Waals surface area contributed by atoms with Crippen LogP contribution < -0.4 is 0 Å². The molecule has 0 unspecified atom stereocenters. The van der Waals surface area contributed by atoms with Gasteiger partial charge in [0.05, 0.1) is 13.5 Å². The maximum Gasteiger partial charge on any atom is 0.389 e. The molecule has 0 rings (SSSR count). The SMILES string of the molecule is [CH2]OC(F)(F)CCC(F)(F)F. The molecule has 0 N–H and O–H groups in total. The van der Waals surface area contributed by atoms with Crippen molar-refractivity contribution in [3.05, 3.63) is 7.11 Å². The summed E-state index contributed by atoms with van der Waals surface area (Å²) in [5.41, 5.74) is 0. The first kappa shape index (κ1) is 10.6. The summed E-state index contributed by atoms with van der Waals surface area (Å²) in [6.07, 6.45) is -11.3. The molecule has 0 aromatic carbocycles. The Labute approximate surface area is 60.1 Å². The third-order valence-electron chi connectivity index (χ3n) is 0.911. The zero-order valence-corrected chi connectivity index (χ0v) is 5.42. The number of alkyl halides is 5. The molecule has 0 amide bonds. The molecule has 0 fully saturated rings. The lowest BCUT2D eigenvalue weighted by molar-refractivity contribution is -0.231. The molecule has 0 bridgehead atoms. The number of hydrogen-bond donors (Lipinski definition) is 0. The van der Waals surface area contributed by atoms with Gasteiger partial charge in [0, 0.05) is 6.42 Å². The van der Waals surface area contributed by atoms with Crippen molar-refractivity contribution in [1.82, 2.24) is 0 Å². The molecule has 0 aliphatic carbocycles. The van der Waals surface area contributed by atoms with Crippen molar-refractivity contribution in [2.45, 2.75) is 25.1 Å². The highest BCUT2D eigenvalue weighted by atomic mass is 19.4. The normalized spacial score (nSPS) is 13.6. The fraction of sp³-hybridized carbons (Fsp3) is 0.800. The van der Waals surface area contributed by atoms with E-state index in [-0.39, 0.29) is 0 Å². The fourth-order valence-corrected chi connectivity index (χ4v) is 0.359. The predicted molar refractivity (Wildman–Crippen MR) is 26.7 cm³/mol. The van der Waals surface area contributed by atoms with Gasteiger partial charge in [-0.3, -0.25) is 0 Å². The first-order chi connectivity index (χ1) is 4.77. The molecular weight excluding hydrogens is 171 g/mol. The van der Waals surface area contributed by atoms with Crippen LogP contribution in [0.15, 0.2) is 0 Å². The highest BCUT2D eigenvalue weighted by Crippen LogP contribution is 2.29. The van der Waals surface area contributed by atoms with Crippen molar-refractivity contribution in [3.8, 4) is 0 Å². The van der Waals surface area contributed by atoms with Crippen molar-refractivity contribution in [3.63, 3.8) is 0 Å². The van der Waals surface area contributed by atoms with Crippen LogP contribution in [0.3, 0.4) is 0 Å². The van der Waals surface area contributed by atoms with Gasteiger partial charge in [-0.15, -0.1) is 0 Å². The molecule has 11 heavy (non-hydrogen) atoms. The van der Waals surface area contributed by atoms with Crippen LogP contribution in [0.1, 0.15) is 12.8 Å². The zero-order valence-electron chi connectivity index (χ0n) is 5.42. The molecule has 67 valence electrons. The van der Waals surface area contributed by atoms with E-state index in [1.165, 1.54) is 0 Å². The summed E-state index contributed by atoms with van der Waals surface area (Å²) in [5.74, 6) is 0. The first-order valence-electron chi connectivity index (χ1n) is 2.64. The molecule has 0 saturated carbocycles. The molecule has 0 heterocycles. The Morgan fingerprint density at radius 2 is 1.45 bits per heavy atom. The highest BCUT2D eigenvalue weighted by molar-refractivity contribution is 4.58. The van der Waals surface area contributed by atoms with Crippen LogP contribution in [0.2, 0.25) is 0 Å². The Kier molecular flexibility index (Phi) is 3.22. The minimum atomic E-state index is -4.58. The van der Waals surface area contributed by atoms with Crippen molar-refractivity contribution >= 4 is 0 Å². The molecule has 0 aromatic heterocycles. The van der Waals surface area contributed by atoms with E-state index in [4.69, 9.17) is 0 Å². The summed E-state index contributed by atoms with van der Waals surface area (Å²) in [7, 11) is 2.34. The van der Waals surface area contributed by atoms with Gasteiger partial charge in [0.2, 0.25) is 0 Å². The topological polar surface area (TPSA) is 9.23 Å². The second-order valence-electron chi connectivity index (χ2n) is 1.90. The van der Waals surface area contributed by atoms with E-state index in [0.717, 1.165) is 0 Å². The Bertz CT molecular complexity index is 119. The molecule has 0 atom stereocenters. The van der Waals surface area contributed by atoms with E-state index in [0.29, 0.717) is 0 Å². The molecule has 0 spiro atoms. The van der Waals surface area contributed by atoms with E-state index >= 15 is 0 Å². The number of rotatable bonds is 3. The van der Waals surface area contributed by atoms with Gasteiger partial charge in [-0.25, -0.2) is 0 Å². The van der Waals surface area contributed by atoms with E-state index in [9.17, 15) is 22.0 Å². The fourth-order valence-electron chi connectivity index (χ4n) is 0.359. The van der Waals surface area contributed by atoms with Crippen LogP contribution in [0, 0.1) is 7.11 Å². The third kappa shape index (κ3) is 6.03. The molecule has 6 heteroatoms. The molecule has 0 aromatic rings. The minimum absolute atomic E-state index is 1.39. The Morgan fingerprint density at radius 1 is 1.00 bits per heavy atom. The molecule has 1 nitrogen and oxygen atoms in total. The maximum atomic E-state index is 11.9. The van der Waals surface area contributed by atoms with Gasteiger partial charge in [-0.05, 0) is 0 Å². The van der Waals surface area contributed by atoms with E-state index in [1.807, 2.05) is 0 Å². The van der Waals surface area contributed by atoms with Crippen LogP contribution in [0.5, 0.6) is 0 Å². The van der Waals surface area contributed by atoms with Crippen LogP contribution in [0.25, 0.3) is 0 Å². The van der Waals surface area contributed by atoms with E-state index < -0.39 is 25.1 Å². The Hall–Kier alpha value is -0.390. The van der Waals surface area contributed by atoms with E-state index in [2.05, 4.69) is 11.8 Å². The number of hydrogen-bond acceptors (Lipinski definition) is 1. The number of halogens is 5. The van der Waals surface area contributed by atoms with Gasteiger partial charge in [0.1, 0.15) is 0 Å². The summed E-state index contributed by atoms with van der Waals surface area (Å²) in [5, 5.41) is 0. The van der Waals surface area contributed by atoms with Crippen LogP contribution in [-0.2, 0) is 4.74 Å². The van der Waals surface area contributed by atoms with Crippen molar-refractivity contribution < 1.29 is 26.7 Å². The summed E-state index contributed by atoms with van der Waals surface area (Å²) in [6, 6.07) is 0. The second kappa shape index (κ2) is 3.34. The van der Waals surface area contributed by atoms with Crippen molar-refractivity contribution in [2.24, 2.45) is 0 Å². The van der Waals surface area contributed by atoms with Crippen LogP contribution >= 0.6 is 0 Å². The van der Waals surface area contributed by atoms with Crippen LogP contribution in [-0.4, -0.2) is 12.3 Å². The minimum Gasteiger partial charge on any atom is -0.318 e. The third-order valence-corrected chi connectivity index (χ3v) is 0.911. The van der Waals surface area contributed by atoms with E-state index in [1.54, 1.807) is 0 Å². The average molecular weight is 177 g/mol. The van der Waals surface area contributed by atoms with Crippen molar-refractivity contribution in [1.29, 1.82) is 0 Å².